The molecule has 10 heteroatoms. The molecule has 1 aliphatic rings. The quantitative estimate of drug-likeness (QED) is 0.0955. The lowest BCUT2D eigenvalue weighted by Crippen LogP contribution is -2.58. The maximum absolute atomic E-state index is 10.5. The number of hydrogen-bond donors (Lipinski definition) is 0. The number of nitriles is 1. The molecule has 1 saturated heterocycles. The van der Waals surface area contributed by atoms with Crippen LogP contribution < -0.4 is 0 Å². The van der Waals surface area contributed by atoms with Crippen LogP contribution in [0.2, 0.25) is 10.2 Å². The molecule has 1 aliphatic heterocycles. The molecule has 0 N–H and O–H groups in total. The largest absolute Gasteiger partial charge is 0.374 e. The van der Waals surface area contributed by atoms with Crippen LogP contribution in [0.1, 0.15) is 56.7 Å². The third kappa shape index (κ3) is 10.5. The van der Waals surface area contributed by atoms with Crippen molar-refractivity contribution in [3.63, 3.8) is 0 Å². The van der Waals surface area contributed by atoms with Crippen molar-refractivity contribution in [3.8, 4) is 6.07 Å². The van der Waals surface area contributed by atoms with Gasteiger partial charge in [-0.1, -0.05) is 151 Å². The molecule has 0 saturated carbocycles. The van der Waals surface area contributed by atoms with Crippen LogP contribution in [0.4, 0.5) is 0 Å². The summed E-state index contributed by atoms with van der Waals surface area (Å²) >= 11 is 13.1. The summed E-state index contributed by atoms with van der Waals surface area (Å²) in [6.45, 7) is 3.34. The Kier molecular flexibility index (Phi) is 14.1. The summed E-state index contributed by atoms with van der Waals surface area (Å²) in [6.07, 6.45) is -3.18. The number of hydrogen-bond acceptors (Lipinski definition) is 8. The van der Waals surface area contributed by atoms with E-state index in [1.54, 1.807) is 12.1 Å². The number of nitrogens with zero attached hydrogens (tertiary/aromatic N) is 3. The minimum absolute atomic E-state index is 0.211. The van der Waals surface area contributed by atoms with E-state index in [0.29, 0.717) is 41.7 Å². The van der Waals surface area contributed by atoms with Gasteiger partial charge in [0.2, 0.25) is 0 Å². The summed E-state index contributed by atoms with van der Waals surface area (Å²) in [5.74, 6) is -0.828. The first kappa shape index (κ1) is 40.3. The van der Waals surface area contributed by atoms with Crippen LogP contribution in [-0.2, 0) is 50.1 Å². The third-order valence-corrected chi connectivity index (χ3v) is 10.6. The molecule has 57 heavy (non-hydrogen) atoms. The van der Waals surface area contributed by atoms with Crippen LogP contribution in [-0.4, -0.2) is 41.2 Å². The van der Waals surface area contributed by atoms with E-state index >= 15 is 0 Å². The predicted octanol–water partition coefficient (Wildman–Crippen LogP) is 10.2. The average Bonchev–Trinajstić information content (AvgIpc) is 3.25. The Labute approximate surface area is 343 Å². The molecular formula is C47H43Cl2N3O5. The van der Waals surface area contributed by atoms with Gasteiger partial charge >= 0.3 is 0 Å². The molecule has 2 heterocycles. The van der Waals surface area contributed by atoms with Gasteiger partial charge in [0.1, 0.15) is 36.4 Å². The molecule has 0 spiro atoms. The lowest BCUT2D eigenvalue weighted by atomic mass is 9.87. The van der Waals surface area contributed by atoms with Gasteiger partial charge in [-0.15, -0.1) is 5.10 Å². The van der Waals surface area contributed by atoms with E-state index in [4.69, 9.17) is 46.9 Å². The van der Waals surface area contributed by atoms with Gasteiger partial charge in [-0.3, -0.25) is 0 Å². The van der Waals surface area contributed by atoms with E-state index in [-0.39, 0.29) is 18.4 Å². The van der Waals surface area contributed by atoms with Crippen molar-refractivity contribution in [3.05, 3.63) is 200 Å². The van der Waals surface area contributed by atoms with Gasteiger partial charge in [-0.05, 0) is 64.1 Å². The highest BCUT2D eigenvalue weighted by Gasteiger charge is 2.49. The normalized spacial score (nSPS) is 19.8. The van der Waals surface area contributed by atoms with Gasteiger partial charge in [-0.2, -0.15) is 10.4 Å². The molecule has 1 fully saturated rings. The Morgan fingerprint density at radius 1 is 0.632 bits per heavy atom. The van der Waals surface area contributed by atoms with Crippen LogP contribution in [0.25, 0.3) is 0 Å². The molecule has 6 atom stereocenters. The molecule has 0 aliphatic carbocycles. The topological polar surface area (TPSA) is 95.7 Å². The number of rotatable bonds is 16. The highest BCUT2D eigenvalue weighted by atomic mass is 35.5. The molecule has 290 valence electrons. The van der Waals surface area contributed by atoms with Crippen molar-refractivity contribution in [2.45, 2.75) is 69.8 Å². The third-order valence-electron chi connectivity index (χ3n) is 9.91. The summed E-state index contributed by atoms with van der Waals surface area (Å²) in [6, 6.07) is 49.8. The Morgan fingerprint density at radius 2 is 1.14 bits per heavy atom. The van der Waals surface area contributed by atoms with Crippen LogP contribution >= 0.6 is 23.2 Å². The smallest absolute Gasteiger partial charge is 0.154 e. The maximum atomic E-state index is 10.5. The SMILES string of the molecule is Cc1cc(C(C#N)c2cc(C3OC(COCc4ccccc4)C(OCc4ccccc4)C(OCc4ccccc4)C3OCc3ccccc3)ccc2Cl)nnc1Cl. The monoisotopic (exact) mass is 799 g/mol. The summed E-state index contributed by atoms with van der Waals surface area (Å²) in [5.41, 5.74) is 6.49. The van der Waals surface area contributed by atoms with E-state index in [1.165, 1.54) is 0 Å². The van der Waals surface area contributed by atoms with Crippen molar-refractivity contribution >= 4 is 23.2 Å². The Hall–Kier alpha value is -4.95. The van der Waals surface area contributed by atoms with E-state index < -0.39 is 36.4 Å². The van der Waals surface area contributed by atoms with E-state index in [1.807, 2.05) is 140 Å². The van der Waals surface area contributed by atoms with Gasteiger partial charge in [0.25, 0.3) is 0 Å². The molecule has 0 amide bonds. The van der Waals surface area contributed by atoms with Gasteiger partial charge in [0.15, 0.2) is 5.15 Å². The number of aryl methyl sites for hydroxylation is 1. The molecule has 8 nitrogen and oxygen atoms in total. The second-order valence-corrected chi connectivity index (χ2v) is 14.7. The van der Waals surface area contributed by atoms with Gasteiger partial charge in [0, 0.05) is 5.02 Å². The average molecular weight is 801 g/mol. The minimum Gasteiger partial charge on any atom is -0.374 e. The summed E-state index contributed by atoms with van der Waals surface area (Å²) in [7, 11) is 0. The molecule has 6 aromatic rings. The first-order valence-electron chi connectivity index (χ1n) is 18.9. The summed E-state index contributed by atoms with van der Waals surface area (Å²) < 4.78 is 34.2. The molecular weight excluding hydrogens is 757 g/mol. The van der Waals surface area contributed by atoms with E-state index in [9.17, 15) is 5.26 Å². The Morgan fingerprint density at radius 3 is 1.67 bits per heavy atom. The zero-order valence-electron chi connectivity index (χ0n) is 31.5. The van der Waals surface area contributed by atoms with E-state index in [2.05, 4.69) is 16.3 Å². The first-order valence-corrected chi connectivity index (χ1v) is 19.6. The number of benzene rings is 5. The molecule has 1 aromatic heterocycles. The fourth-order valence-electron chi connectivity index (χ4n) is 6.94. The fraction of sp³-hybridized carbons (Fsp3) is 0.255. The van der Waals surface area contributed by atoms with Gasteiger partial charge in [-0.25, -0.2) is 0 Å². The summed E-state index contributed by atoms with van der Waals surface area (Å²) in [5, 5.41) is 19.5. The fourth-order valence-corrected chi connectivity index (χ4v) is 7.26. The summed E-state index contributed by atoms with van der Waals surface area (Å²) in [4.78, 5) is 0. The molecule has 0 bridgehead atoms. The number of aromatic nitrogens is 2. The van der Waals surface area contributed by atoms with Crippen LogP contribution in [0.5, 0.6) is 0 Å². The lowest BCUT2D eigenvalue weighted by molar-refractivity contribution is -0.275. The maximum Gasteiger partial charge on any atom is 0.154 e. The highest BCUT2D eigenvalue weighted by Crippen LogP contribution is 2.41. The zero-order valence-corrected chi connectivity index (χ0v) is 33.0. The lowest BCUT2D eigenvalue weighted by Gasteiger charge is -2.46. The Balaban J connectivity index is 1.29. The zero-order chi connectivity index (χ0) is 39.4. The molecule has 7 rings (SSSR count). The van der Waals surface area contributed by atoms with Gasteiger partial charge in [0.05, 0.1) is 44.8 Å². The van der Waals surface area contributed by atoms with Crippen LogP contribution in [0, 0.1) is 18.3 Å². The minimum atomic E-state index is -0.828. The van der Waals surface area contributed by atoms with Crippen molar-refractivity contribution in [2.75, 3.05) is 6.61 Å². The second kappa shape index (κ2) is 20.0. The number of halogens is 2. The second-order valence-electron chi connectivity index (χ2n) is 14.0. The molecule has 6 unspecified atom stereocenters. The van der Waals surface area contributed by atoms with Crippen LogP contribution in [0.15, 0.2) is 146 Å². The van der Waals surface area contributed by atoms with E-state index in [0.717, 1.165) is 27.8 Å². The molecule has 5 aromatic carbocycles. The van der Waals surface area contributed by atoms with Crippen molar-refractivity contribution in [1.82, 2.24) is 10.2 Å². The van der Waals surface area contributed by atoms with Crippen molar-refractivity contribution in [2.24, 2.45) is 0 Å². The number of ether oxygens (including phenoxy) is 5. The highest BCUT2D eigenvalue weighted by molar-refractivity contribution is 6.31. The van der Waals surface area contributed by atoms with Crippen molar-refractivity contribution < 1.29 is 23.7 Å². The van der Waals surface area contributed by atoms with Crippen molar-refractivity contribution in [1.29, 1.82) is 5.26 Å². The standard InChI is InChI=1S/C47H43Cl2N3O5/c1-32-24-41(51-52-47(32)49)39(26-50)38-25-37(22-23-40(38)48)43-45(55-29-35-18-10-4-11-19-35)46(56-30-36-20-12-5-13-21-36)44(54-28-34-16-8-3-9-17-34)42(57-43)31-53-27-33-14-6-2-7-15-33/h2-25,39,42-46H,27-31H2,1H3. The van der Waals surface area contributed by atoms with Gasteiger partial charge < -0.3 is 23.7 Å². The predicted molar refractivity (Wildman–Crippen MR) is 219 cm³/mol. The van der Waals surface area contributed by atoms with Crippen LogP contribution in [0.3, 0.4) is 0 Å². The first-order chi connectivity index (χ1) is 28.0. The Bertz CT molecular complexity index is 2210. The molecule has 0 radical (unpaired) electrons.